The molecule has 1 rings (SSSR count). The average Bonchev–Trinajstić information content (AvgIpc) is 2.37. The highest BCUT2D eigenvalue weighted by Crippen LogP contribution is 2.31. The van der Waals surface area contributed by atoms with Crippen molar-refractivity contribution in [1.29, 1.82) is 0 Å². The lowest BCUT2D eigenvalue weighted by molar-refractivity contribution is 0.0367. The number of nitrogens with one attached hydrogen (secondary N) is 1. The van der Waals surface area contributed by atoms with Gasteiger partial charge < -0.3 is 0 Å². The Hall–Kier alpha value is -0.700. The van der Waals surface area contributed by atoms with E-state index in [0.717, 1.165) is 12.8 Å². The zero-order chi connectivity index (χ0) is 15.2. The minimum atomic E-state index is -0.447. The van der Waals surface area contributed by atoms with Gasteiger partial charge in [0, 0.05) is 0 Å². The quantitative estimate of drug-likeness (QED) is 0.461. The van der Waals surface area contributed by atoms with Gasteiger partial charge in [-0.05, 0) is 37.8 Å². The summed E-state index contributed by atoms with van der Waals surface area (Å²) >= 11 is 12.2. The molecule has 0 fully saturated rings. The Labute approximate surface area is 132 Å². The van der Waals surface area contributed by atoms with E-state index in [0.29, 0.717) is 21.7 Å². The fourth-order valence-electron chi connectivity index (χ4n) is 1.82. The van der Waals surface area contributed by atoms with Crippen molar-refractivity contribution in [2.45, 2.75) is 45.6 Å². The number of benzene rings is 1. The Balaban J connectivity index is 2.62. The molecule has 0 saturated carbocycles. The molecule has 0 saturated heterocycles. The second-order valence-corrected chi connectivity index (χ2v) is 6.42. The normalized spacial score (nSPS) is 14.1. The van der Waals surface area contributed by atoms with Crippen molar-refractivity contribution in [3.8, 4) is 0 Å². The first-order chi connectivity index (χ1) is 9.38. The van der Waals surface area contributed by atoms with Crippen LogP contribution in [0.4, 0.5) is 5.69 Å². The predicted octanol–water partition coefficient (Wildman–Crippen LogP) is 6.11. The summed E-state index contributed by atoms with van der Waals surface area (Å²) in [4.78, 5) is 5.77. The molecule has 0 amide bonds. The Morgan fingerprint density at radius 2 is 1.95 bits per heavy atom. The van der Waals surface area contributed by atoms with Crippen LogP contribution in [0.1, 0.15) is 40.0 Å². The van der Waals surface area contributed by atoms with E-state index in [-0.39, 0.29) is 0 Å². The molecule has 20 heavy (non-hydrogen) atoms. The summed E-state index contributed by atoms with van der Waals surface area (Å²) in [6.45, 7) is 10.3. The van der Waals surface area contributed by atoms with E-state index in [1.165, 1.54) is 6.42 Å². The van der Waals surface area contributed by atoms with Crippen LogP contribution >= 0.6 is 23.2 Å². The first kappa shape index (κ1) is 17.4. The van der Waals surface area contributed by atoms with Crippen molar-refractivity contribution >= 4 is 28.9 Å². The summed E-state index contributed by atoms with van der Waals surface area (Å²) in [6.07, 6.45) is 4.95. The minimum absolute atomic E-state index is 0.447. The molecule has 1 aromatic carbocycles. The lowest BCUT2D eigenvalue weighted by Crippen LogP contribution is -2.29. The van der Waals surface area contributed by atoms with Crippen LogP contribution in [0.15, 0.2) is 30.9 Å². The molecular formula is C16H23Cl2NO. The first-order valence-electron chi connectivity index (χ1n) is 6.89. The number of para-hydroxylation sites is 1. The van der Waals surface area contributed by atoms with Gasteiger partial charge in [-0.25, -0.2) is 0 Å². The second kappa shape index (κ2) is 7.92. The topological polar surface area (TPSA) is 21.3 Å². The molecule has 0 bridgehead atoms. The molecule has 0 aromatic heterocycles. The summed E-state index contributed by atoms with van der Waals surface area (Å²) in [5, 5.41) is 1.07. The Morgan fingerprint density at radius 3 is 2.45 bits per heavy atom. The summed E-state index contributed by atoms with van der Waals surface area (Å²) < 4.78 is 0. The summed E-state index contributed by atoms with van der Waals surface area (Å²) in [6, 6.07) is 5.33. The second-order valence-electron chi connectivity index (χ2n) is 5.60. The molecule has 2 nitrogen and oxygen atoms in total. The molecule has 1 unspecified atom stereocenters. The van der Waals surface area contributed by atoms with Crippen molar-refractivity contribution in [3.63, 3.8) is 0 Å². The van der Waals surface area contributed by atoms with E-state index in [1.807, 2.05) is 13.0 Å². The van der Waals surface area contributed by atoms with Gasteiger partial charge in [-0.15, -0.1) is 6.58 Å². The molecule has 1 atom stereocenters. The number of hydrogen-bond donors (Lipinski definition) is 1. The van der Waals surface area contributed by atoms with E-state index in [9.17, 15) is 0 Å². The fourth-order valence-corrected chi connectivity index (χ4v) is 2.29. The summed E-state index contributed by atoms with van der Waals surface area (Å²) in [7, 11) is 0. The monoisotopic (exact) mass is 315 g/mol. The van der Waals surface area contributed by atoms with Crippen LogP contribution in [-0.2, 0) is 4.84 Å². The van der Waals surface area contributed by atoms with Crippen LogP contribution in [0.5, 0.6) is 0 Å². The molecule has 4 heteroatoms. The Bertz CT molecular complexity index is 428. The maximum Gasteiger partial charge on any atom is 0.111 e. The van der Waals surface area contributed by atoms with Crippen molar-refractivity contribution in [2.75, 3.05) is 5.48 Å². The Morgan fingerprint density at radius 1 is 1.35 bits per heavy atom. The van der Waals surface area contributed by atoms with Crippen molar-refractivity contribution in [2.24, 2.45) is 5.92 Å². The molecule has 0 radical (unpaired) electrons. The minimum Gasteiger partial charge on any atom is -0.266 e. The fraction of sp³-hybridized carbons (Fsp3) is 0.500. The van der Waals surface area contributed by atoms with Crippen LogP contribution in [0.25, 0.3) is 0 Å². The number of rotatable bonds is 8. The molecular weight excluding hydrogens is 293 g/mol. The smallest absolute Gasteiger partial charge is 0.111 e. The van der Waals surface area contributed by atoms with E-state index in [4.69, 9.17) is 28.0 Å². The molecule has 0 heterocycles. The third kappa shape index (κ3) is 5.35. The lowest BCUT2D eigenvalue weighted by atomic mass is 9.96. The van der Waals surface area contributed by atoms with Gasteiger partial charge in [0.2, 0.25) is 0 Å². The maximum atomic E-state index is 6.09. The lowest BCUT2D eigenvalue weighted by Gasteiger charge is -2.27. The molecule has 0 aliphatic rings. The van der Waals surface area contributed by atoms with Gasteiger partial charge in [0.25, 0.3) is 0 Å². The molecule has 1 aromatic rings. The highest BCUT2D eigenvalue weighted by Gasteiger charge is 2.22. The number of anilines is 1. The van der Waals surface area contributed by atoms with Gasteiger partial charge in [0.1, 0.15) is 5.60 Å². The van der Waals surface area contributed by atoms with Gasteiger partial charge in [-0.2, -0.15) is 0 Å². The SMILES string of the molecule is C=CC(C)(CCCC(C)C)ONc1c(Cl)cccc1Cl. The Kier molecular flexibility index (Phi) is 6.87. The van der Waals surface area contributed by atoms with Gasteiger partial charge in [0.05, 0.1) is 15.7 Å². The van der Waals surface area contributed by atoms with Crippen LogP contribution in [0.3, 0.4) is 0 Å². The summed E-state index contributed by atoms with van der Waals surface area (Å²) in [5.74, 6) is 0.690. The van der Waals surface area contributed by atoms with Crippen LogP contribution in [0, 0.1) is 5.92 Å². The van der Waals surface area contributed by atoms with Crippen LogP contribution in [-0.4, -0.2) is 5.60 Å². The average molecular weight is 316 g/mol. The van der Waals surface area contributed by atoms with E-state index < -0.39 is 5.60 Å². The van der Waals surface area contributed by atoms with Crippen molar-refractivity contribution < 1.29 is 4.84 Å². The molecule has 0 aliphatic carbocycles. The third-order valence-corrected chi connectivity index (χ3v) is 3.87. The first-order valence-corrected chi connectivity index (χ1v) is 7.65. The van der Waals surface area contributed by atoms with Crippen molar-refractivity contribution in [3.05, 3.63) is 40.9 Å². The van der Waals surface area contributed by atoms with Gasteiger partial charge in [0.15, 0.2) is 0 Å². The zero-order valence-electron chi connectivity index (χ0n) is 12.4. The molecule has 1 N–H and O–H groups in total. The highest BCUT2D eigenvalue weighted by molar-refractivity contribution is 6.38. The predicted molar refractivity (Wildman–Crippen MR) is 88.5 cm³/mol. The highest BCUT2D eigenvalue weighted by atomic mass is 35.5. The van der Waals surface area contributed by atoms with E-state index in [1.54, 1.807) is 18.2 Å². The largest absolute Gasteiger partial charge is 0.266 e. The van der Waals surface area contributed by atoms with Gasteiger partial charge in [-0.3, -0.25) is 10.3 Å². The van der Waals surface area contributed by atoms with Gasteiger partial charge >= 0.3 is 0 Å². The standard InChI is InChI=1S/C16H23Cl2NO/c1-5-16(4,11-7-8-12(2)3)20-19-15-13(17)9-6-10-14(15)18/h5-6,9-10,12,19H,1,7-8,11H2,2-4H3. The van der Waals surface area contributed by atoms with Crippen molar-refractivity contribution in [1.82, 2.24) is 0 Å². The zero-order valence-corrected chi connectivity index (χ0v) is 13.9. The van der Waals surface area contributed by atoms with Crippen LogP contribution in [0.2, 0.25) is 10.0 Å². The maximum absolute atomic E-state index is 6.09. The number of hydrogen-bond acceptors (Lipinski definition) is 2. The van der Waals surface area contributed by atoms with E-state index >= 15 is 0 Å². The molecule has 112 valence electrons. The van der Waals surface area contributed by atoms with Gasteiger partial charge in [-0.1, -0.05) is 55.6 Å². The van der Waals surface area contributed by atoms with Crippen LogP contribution < -0.4 is 5.48 Å². The molecule has 0 spiro atoms. The third-order valence-electron chi connectivity index (χ3n) is 3.24. The summed E-state index contributed by atoms with van der Waals surface area (Å²) in [5.41, 5.74) is 3.02. The van der Waals surface area contributed by atoms with E-state index in [2.05, 4.69) is 25.9 Å². The number of halogens is 2. The molecule has 0 aliphatic heterocycles.